The first-order valence-corrected chi connectivity index (χ1v) is 8.98. The van der Waals surface area contributed by atoms with Crippen LogP contribution < -0.4 is 4.74 Å². The SMILES string of the molecule is CC[N+](C)(CC)[C@H]1C[C@H]1Oc1ccc(C=Cc2ccccc2)cc1. The summed E-state index contributed by atoms with van der Waals surface area (Å²) < 4.78 is 7.28. The minimum atomic E-state index is 0.376. The molecule has 3 rings (SSSR count). The van der Waals surface area contributed by atoms with Crippen LogP contribution in [0.25, 0.3) is 12.2 Å². The van der Waals surface area contributed by atoms with Crippen molar-refractivity contribution >= 4 is 12.2 Å². The molecule has 2 aromatic rings. The minimum absolute atomic E-state index is 0.376. The zero-order valence-electron chi connectivity index (χ0n) is 15.0. The molecule has 0 amide bonds. The molecule has 0 saturated heterocycles. The van der Waals surface area contributed by atoms with E-state index in [0.29, 0.717) is 12.1 Å². The van der Waals surface area contributed by atoms with Crippen molar-refractivity contribution < 1.29 is 9.22 Å². The van der Waals surface area contributed by atoms with Crippen LogP contribution in [0.4, 0.5) is 0 Å². The van der Waals surface area contributed by atoms with Gasteiger partial charge in [0.25, 0.3) is 0 Å². The first-order valence-electron chi connectivity index (χ1n) is 8.98. The van der Waals surface area contributed by atoms with Crippen molar-refractivity contribution in [2.45, 2.75) is 32.4 Å². The third kappa shape index (κ3) is 3.88. The molecular formula is C22H28NO+. The summed E-state index contributed by atoms with van der Waals surface area (Å²) in [7, 11) is 2.34. The largest absolute Gasteiger partial charge is 0.484 e. The lowest BCUT2D eigenvalue weighted by Gasteiger charge is -2.32. The van der Waals surface area contributed by atoms with Gasteiger partial charge in [-0.25, -0.2) is 0 Å². The second kappa shape index (κ2) is 7.23. The van der Waals surface area contributed by atoms with Crippen LogP contribution in [0.3, 0.4) is 0 Å². The minimum Gasteiger partial charge on any atom is -0.484 e. The quantitative estimate of drug-likeness (QED) is 0.522. The normalized spacial score (nSPS) is 20.3. The third-order valence-electron chi connectivity index (χ3n) is 5.38. The summed E-state index contributed by atoms with van der Waals surface area (Å²) in [6.45, 7) is 6.88. The van der Waals surface area contributed by atoms with Crippen LogP contribution in [0.5, 0.6) is 5.75 Å². The lowest BCUT2D eigenvalue weighted by atomic mass is 10.1. The monoisotopic (exact) mass is 322 g/mol. The van der Waals surface area contributed by atoms with Gasteiger partial charge in [-0.1, -0.05) is 54.6 Å². The predicted molar refractivity (Wildman–Crippen MR) is 102 cm³/mol. The molecule has 0 unspecified atom stereocenters. The van der Waals surface area contributed by atoms with E-state index >= 15 is 0 Å². The third-order valence-corrected chi connectivity index (χ3v) is 5.38. The van der Waals surface area contributed by atoms with Crippen molar-refractivity contribution in [2.75, 3.05) is 20.1 Å². The number of quaternary nitrogens is 1. The van der Waals surface area contributed by atoms with E-state index in [1.54, 1.807) is 0 Å². The number of likely N-dealkylation sites (N-methyl/N-ethyl adjacent to an activating group) is 1. The zero-order valence-corrected chi connectivity index (χ0v) is 15.0. The number of hydrogen-bond donors (Lipinski definition) is 0. The molecule has 126 valence electrons. The summed E-state index contributed by atoms with van der Waals surface area (Å²) in [4.78, 5) is 0. The molecule has 0 spiro atoms. The Bertz CT molecular complexity index is 671. The second-order valence-electron chi connectivity index (χ2n) is 6.88. The highest BCUT2D eigenvalue weighted by molar-refractivity contribution is 5.69. The van der Waals surface area contributed by atoms with Crippen LogP contribution in [-0.2, 0) is 0 Å². The maximum Gasteiger partial charge on any atom is 0.156 e. The lowest BCUT2D eigenvalue weighted by molar-refractivity contribution is -0.917. The Morgan fingerprint density at radius 2 is 1.50 bits per heavy atom. The first-order chi connectivity index (χ1) is 11.6. The highest BCUT2D eigenvalue weighted by atomic mass is 16.5. The van der Waals surface area contributed by atoms with E-state index in [1.165, 1.54) is 30.6 Å². The first kappa shape index (κ1) is 16.8. The van der Waals surface area contributed by atoms with E-state index in [2.05, 4.69) is 81.6 Å². The highest BCUT2D eigenvalue weighted by Gasteiger charge is 2.52. The molecule has 24 heavy (non-hydrogen) atoms. The molecule has 1 aliphatic carbocycles. The fourth-order valence-corrected chi connectivity index (χ4v) is 3.22. The lowest BCUT2D eigenvalue weighted by Crippen LogP contribution is -2.47. The van der Waals surface area contributed by atoms with Crippen LogP contribution in [0, 0.1) is 0 Å². The van der Waals surface area contributed by atoms with Crippen molar-refractivity contribution in [3.63, 3.8) is 0 Å². The molecular weight excluding hydrogens is 294 g/mol. The fourth-order valence-electron chi connectivity index (χ4n) is 3.22. The molecule has 0 heterocycles. The van der Waals surface area contributed by atoms with E-state index in [-0.39, 0.29) is 0 Å². The summed E-state index contributed by atoms with van der Waals surface area (Å²) in [5.74, 6) is 0.984. The molecule has 2 nitrogen and oxygen atoms in total. The molecule has 0 radical (unpaired) electrons. The molecule has 0 bridgehead atoms. The molecule has 0 aliphatic heterocycles. The van der Waals surface area contributed by atoms with Crippen molar-refractivity contribution in [2.24, 2.45) is 0 Å². The summed E-state index contributed by atoms with van der Waals surface area (Å²) in [6.07, 6.45) is 5.83. The van der Waals surface area contributed by atoms with Gasteiger partial charge < -0.3 is 9.22 Å². The molecule has 2 aromatic carbocycles. The van der Waals surface area contributed by atoms with Gasteiger partial charge in [0.15, 0.2) is 6.10 Å². The molecule has 1 saturated carbocycles. The topological polar surface area (TPSA) is 9.23 Å². The Morgan fingerprint density at radius 3 is 2.08 bits per heavy atom. The van der Waals surface area contributed by atoms with Crippen LogP contribution in [-0.4, -0.2) is 36.8 Å². The molecule has 0 N–H and O–H groups in total. The van der Waals surface area contributed by atoms with Gasteiger partial charge in [-0.15, -0.1) is 0 Å². The van der Waals surface area contributed by atoms with Crippen molar-refractivity contribution in [3.8, 4) is 5.75 Å². The number of rotatable bonds is 7. The molecule has 0 aromatic heterocycles. The molecule has 2 atom stereocenters. The predicted octanol–water partition coefficient (Wildman–Crippen LogP) is 4.86. The Balaban J connectivity index is 1.57. The van der Waals surface area contributed by atoms with Crippen molar-refractivity contribution in [1.29, 1.82) is 0 Å². The molecule has 1 fully saturated rings. The van der Waals surface area contributed by atoms with Crippen LogP contribution >= 0.6 is 0 Å². The van der Waals surface area contributed by atoms with E-state index < -0.39 is 0 Å². The van der Waals surface area contributed by atoms with E-state index in [9.17, 15) is 0 Å². The van der Waals surface area contributed by atoms with Crippen LogP contribution in [0.15, 0.2) is 54.6 Å². The average molecular weight is 322 g/mol. The van der Waals surface area contributed by atoms with Gasteiger partial charge in [-0.05, 0) is 37.1 Å². The van der Waals surface area contributed by atoms with Crippen LogP contribution in [0.1, 0.15) is 31.4 Å². The Morgan fingerprint density at radius 1 is 0.917 bits per heavy atom. The van der Waals surface area contributed by atoms with Gasteiger partial charge >= 0.3 is 0 Å². The average Bonchev–Trinajstić information content (AvgIpc) is 3.41. The summed E-state index contributed by atoms with van der Waals surface area (Å²) in [5.41, 5.74) is 2.41. The number of nitrogens with zero attached hydrogens (tertiary/aromatic N) is 1. The smallest absolute Gasteiger partial charge is 0.156 e. The highest BCUT2D eigenvalue weighted by Crippen LogP contribution is 2.36. The van der Waals surface area contributed by atoms with Gasteiger partial charge in [0.2, 0.25) is 0 Å². The zero-order chi connectivity index (χ0) is 17.0. The summed E-state index contributed by atoms with van der Waals surface area (Å²) in [5, 5.41) is 0. The van der Waals surface area contributed by atoms with E-state index in [0.717, 1.165) is 10.2 Å². The molecule has 1 aliphatic rings. The van der Waals surface area contributed by atoms with E-state index in [4.69, 9.17) is 4.74 Å². The van der Waals surface area contributed by atoms with E-state index in [1.807, 2.05) is 6.07 Å². The Kier molecular flexibility index (Phi) is 5.06. The van der Waals surface area contributed by atoms with Crippen LogP contribution in [0.2, 0.25) is 0 Å². The summed E-state index contributed by atoms with van der Waals surface area (Å²) in [6, 6.07) is 19.4. The van der Waals surface area contributed by atoms with Gasteiger partial charge in [-0.2, -0.15) is 0 Å². The molecule has 2 heteroatoms. The van der Waals surface area contributed by atoms with Gasteiger partial charge in [0, 0.05) is 6.42 Å². The Hall–Kier alpha value is -2.06. The Labute approximate surface area is 146 Å². The van der Waals surface area contributed by atoms with Gasteiger partial charge in [0.1, 0.15) is 11.8 Å². The maximum absolute atomic E-state index is 6.17. The van der Waals surface area contributed by atoms with Crippen molar-refractivity contribution in [1.82, 2.24) is 0 Å². The second-order valence-corrected chi connectivity index (χ2v) is 6.88. The number of benzene rings is 2. The fraction of sp³-hybridized carbons (Fsp3) is 0.364. The summed E-state index contributed by atoms with van der Waals surface area (Å²) >= 11 is 0. The number of hydrogen-bond acceptors (Lipinski definition) is 1. The maximum atomic E-state index is 6.17. The standard InChI is InChI=1S/C22H28NO/c1-4-23(3,5-2)21-17-22(21)24-20-15-13-19(14-16-20)12-11-18-9-7-6-8-10-18/h6-16,21-22H,4-5,17H2,1-3H3/q+1/t21-,22+/m0/s1. The number of ether oxygens (including phenoxy) is 1. The van der Waals surface area contributed by atoms with Gasteiger partial charge in [-0.3, -0.25) is 0 Å². The van der Waals surface area contributed by atoms with Gasteiger partial charge in [0.05, 0.1) is 20.1 Å². The van der Waals surface area contributed by atoms with Crippen molar-refractivity contribution in [3.05, 3.63) is 65.7 Å².